The molecule has 0 aliphatic heterocycles. The van der Waals surface area contributed by atoms with Crippen molar-refractivity contribution in [2.24, 2.45) is 0 Å². The second-order valence-electron chi connectivity index (χ2n) is 2.84. The summed E-state index contributed by atoms with van der Waals surface area (Å²) in [6.45, 7) is 2.33. The Hall–Kier alpha value is -1.64. The monoisotopic (exact) mass is 194 g/mol. The second-order valence-corrected chi connectivity index (χ2v) is 2.84. The molecule has 3 heteroatoms. The van der Waals surface area contributed by atoms with Gasteiger partial charge in [-0.2, -0.15) is 0 Å². The van der Waals surface area contributed by atoms with Crippen LogP contribution in [0.1, 0.15) is 11.1 Å². The van der Waals surface area contributed by atoms with Gasteiger partial charge in [-0.25, -0.2) is 4.39 Å². The number of benzene rings is 1. The third kappa shape index (κ3) is 3.01. The summed E-state index contributed by atoms with van der Waals surface area (Å²) in [7, 11) is 0. The number of aryl methyl sites for hydroxylation is 1. The van der Waals surface area contributed by atoms with Crippen LogP contribution >= 0.6 is 0 Å². The molecule has 0 fully saturated rings. The van der Waals surface area contributed by atoms with Gasteiger partial charge in [0, 0.05) is 0 Å². The van der Waals surface area contributed by atoms with Crippen LogP contribution in [0.2, 0.25) is 0 Å². The lowest BCUT2D eigenvalue weighted by molar-refractivity contribution is -0.127. The van der Waals surface area contributed by atoms with E-state index < -0.39 is 0 Å². The first-order valence-electron chi connectivity index (χ1n) is 4.22. The number of carbonyl (C=O) groups excluding carboxylic acids is 1. The summed E-state index contributed by atoms with van der Waals surface area (Å²) in [5, 5.41) is 0. The predicted molar refractivity (Wildman–Crippen MR) is 52.2 cm³/mol. The maximum absolute atomic E-state index is 12.8. The third-order valence-corrected chi connectivity index (χ3v) is 1.75. The molecule has 0 aliphatic rings. The lowest BCUT2D eigenvalue weighted by atomic mass is 10.1. The number of hydrogen-bond acceptors (Lipinski definition) is 2. The highest BCUT2D eigenvalue weighted by Crippen LogP contribution is 2.10. The Morgan fingerprint density at radius 3 is 2.93 bits per heavy atom. The fraction of sp³-hybridized carbons (Fsp3) is 0.182. The van der Waals surface area contributed by atoms with Crippen molar-refractivity contribution in [2.45, 2.75) is 6.92 Å². The summed E-state index contributed by atoms with van der Waals surface area (Å²) in [5.74, 6) is -0.216. The highest BCUT2D eigenvalue weighted by Gasteiger charge is 1.95. The molecular formula is C11H11FO2. The van der Waals surface area contributed by atoms with Crippen molar-refractivity contribution in [3.63, 3.8) is 0 Å². The van der Waals surface area contributed by atoms with Crippen molar-refractivity contribution in [1.82, 2.24) is 0 Å². The van der Waals surface area contributed by atoms with Crippen molar-refractivity contribution in [3.8, 4) is 0 Å². The van der Waals surface area contributed by atoms with Gasteiger partial charge in [0.2, 0.25) is 0 Å². The zero-order valence-electron chi connectivity index (χ0n) is 7.87. The first-order chi connectivity index (χ1) is 6.74. The minimum Gasteiger partial charge on any atom is -0.464 e. The van der Waals surface area contributed by atoms with Crippen LogP contribution < -0.4 is 0 Å². The standard InChI is InChI=1S/C11H11FO2/c1-9-7-10(4-5-11(9)12)3-2-6-14-8-13/h2-5,7-8H,6H2,1H3. The van der Waals surface area contributed by atoms with Gasteiger partial charge >= 0.3 is 0 Å². The van der Waals surface area contributed by atoms with Gasteiger partial charge in [-0.3, -0.25) is 4.79 Å². The molecule has 0 saturated carbocycles. The van der Waals surface area contributed by atoms with Gasteiger partial charge in [0.15, 0.2) is 0 Å². The predicted octanol–water partition coefficient (Wildman–Crippen LogP) is 2.32. The Morgan fingerprint density at radius 2 is 2.29 bits per heavy atom. The van der Waals surface area contributed by atoms with Crippen LogP contribution in [-0.4, -0.2) is 13.1 Å². The summed E-state index contributed by atoms with van der Waals surface area (Å²) in [5.41, 5.74) is 1.49. The fourth-order valence-electron chi connectivity index (χ4n) is 1.05. The number of carbonyl (C=O) groups is 1. The zero-order valence-corrected chi connectivity index (χ0v) is 7.87. The van der Waals surface area contributed by atoms with Crippen molar-refractivity contribution in [2.75, 3.05) is 6.61 Å². The summed E-state index contributed by atoms with van der Waals surface area (Å²) >= 11 is 0. The van der Waals surface area contributed by atoms with Gasteiger partial charge < -0.3 is 4.74 Å². The van der Waals surface area contributed by atoms with E-state index in [4.69, 9.17) is 0 Å². The molecule has 1 aromatic carbocycles. The number of ether oxygens (including phenoxy) is 1. The average Bonchev–Trinajstić information content (AvgIpc) is 2.18. The molecule has 74 valence electrons. The second kappa shape index (κ2) is 5.17. The van der Waals surface area contributed by atoms with Crippen LogP contribution in [0.4, 0.5) is 4.39 Å². The molecule has 0 radical (unpaired) electrons. The first kappa shape index (κ1) is 10.4. The maximum atomic E-state index is 12.8. The minimum absolute atomic E-state index is 0.216. The zero-order chi connectivity index (χ0) is 10.4. The molecule has 2 nitrogen and oxygen atoms in total. The quantitative estimate of drug-likeness (QED) is 0.543. The van der Waals surface area contributed by atoms with Crippen molar-refractivity contribution in [1.29, 1.82) is 0 Å². The topological polar surface area (TPSA) is 26.3 Å². The van der Waals surface area contributed by atoms with Crippen molar-refractivity contribution in [3.05, 3.63) is 41.2 Å². The van der Waals surface area contributed by atoms with E-state index in [9.17, 15) is 9.18 Å². The molecule has 0 spiro atoms. The Labute approximate surface area is 82.0 Å². The normalized spacial score (nSPS) is 10.4. The molecule has 1 rings (SSSR count). The molecule has 0 atom stereocenters. The first-order valence-corrected chi connectivity index (χ1v) is 4.22. The summed E-state index contributed by atoms with van der Waals surface area (Å²) in [4.78, 5) is 9.81. The summed E-state index contributed by atoms with van der Waals surface area (Å²) in [6.07, 6.45) is 3.47. The van der Waals surface area contributed by atoms with E-state index in [-0.39, 0.29) is 12.4 Å². The van der Waals surface area contributed by atoms with E-state index in [1.807, 2.05) is 0 Å². The van der Waals surface area contributed by atoms with E-state index in [1.165, 1.54) is 6.07 Å². The molecule has 1 aromatic rings. The molecule has 0 bridgehead atoms. The van der Waals surface area contributed by atoms with Gasteiger partial charge in [0.25, 0.3) is 6.47 Å². The SMILES string of the molecule is Cc1cc(C=CCOC=O)ccc1F. The third-order valence-electron chi connectivity index (χ3n) is 1.75. The van der Waals surface area contributed by atoms with Crippen molar-refractivity contribution >= 4 is 12.5 Å². The minimum atomic E-state index is -0.216. The Kier molecular flexibility index (Phi) is 3.85. The Balaban J connectivity index is 2.63. The Morgan fingerprint density at radius 1 is 1.50 bits per heavy atom. The van der Waals surface area contributed by atoms with E-state index in [0.717, 1.165) is 5.56 Å². The molecule has 0 N–H and O–H groups in total. The van der Waals surface area contributed by atoms with Crippen LogP contribution in [0.25, 0.3) is 6.08 Å². The summed E-state index contributed by atoms with van der Waals surface area (Å²) in [6, 6.07) is 4.81. The molecule has 14 heavy (non-hydrogen) atoms. The largest absolute Gasteiger partial charge is 0.464 e. The highest BCUT2D eigenvalue weighted by molar-refractivity contribution is 5.50. The average molecular weight is 194 g/mol. The van der Waals surface area contributed by atoms with E-state index in [2.05, 4.69) is 4.74 Å². The van der Waals surface area contributed by atoms with Crippen molar-refractivity contribution < 1.29 is 13.9 Å². The van der Waals surface area contributed by atoms with Gasteiger partial charge in [0.1, 0.15) is 12.4 Å². The van der Waals surface area contributed by atoms with Gasteiger partial charge in [-0.15, -0.1) is 0 Å². The molecule has 0 unspecified atom stereocenters. The van der Waals surface area contributed by atoms with Gasteiger partial charge in [-0.05, 0) is 36.3 Å². The van der Waals surface area contributed by atoms with Crippen LogP contribution in [0.15, 0.2) is 24.3 Å². The number of rotatable bonds is 4. The lowest BCUT2D eigenvalue weighted by Gasteiger charge is -1.97. The number of hydrogen-bond donors (Lipinski definition) is 0. The summed E-state index contributed by atoms with van der Waals surface area (Å²) < 4.78 is 17.3. The highest BCUT2D eigenvalue weighted by atomic mass is 19.1. The van der Waals surface area contributed by atoms with Crippen LogP contribution in [0.3, 0.4) is 0 Å². The van der Waals surface area contributed by atoms with E-state index in [0.29, 0.717) is 12.0 Å². The van der Waals surface area contributed by atoms with Crippen LogP contribution in [0, 0.1) is 12.7 Å². The van der Waals surface area contributed by atoms with Crippen LogP contribution in [-0.2, 0) is 9.53 Å². The fourth-order valence-corrected chi connectivity index (χ4v) is 1.05. The lowest BCUT2D eigenvalue weighted by Crippen LogP contribution is -1.86. The maximum Gasteiger partial charge on any atom is 0.293 e. The van der Waals surface area contributed by atoms with E-state index in [1.54, 1.807) is 31.2 Å². The van der Waals surface area contributed by atoms with Gasteiger partial charge in [-0.1, -0.05) is 12.1 Å². The smallest absolute Gasteiger partial charge is 0.293 e. The molecule has 0 amide bonds. The molecule has 0 aromatic heterocycles. The van der Waals surface area contributed by atoms with Gasteiger partial charge in [0.05, 0.1) is 0 Å². The van der Waals surface area contributed by atoms with E-state index >= 15 is 0 Å². The molecule has 0 aliphatic carbocycles. The molecular weight excluding hydrogens is 183 g/mol. The Bertz CT molecular complexity index is 345. The molecule has 0 heterocycles. The molecule has 0 saturated heterocycles. The van der Waals surface area contributed by atoms with Crippen LogP contribution in [0.5, 0.6) is 0 Å². The number of halogens is 1.